The van der Waals surface area contributed by atoms with E-state index in [9.17, 15) is 8.42 Å². The number of benzene rings is 1. The molecule has 1 aromatic carbocycles. The molecule has 1 aromatic heterocycles. The standard InChI is InChI=1S/C13H18N4O2S/c1-3-4-10-8-13(16-15-10)17-20(18,19)12-6-5-9(2)7-11(12)14/h5-8H,3-4,14H2,1-2H3,(H2,15,16,17). The lowest BCUT2D eigenvalue weighted by atomic mass is 10.2. The first-order valence-corrected chi connectivity index (χ1v) is 7.84. The van der Waals surface area contributed by atoms with Crippen molar-refractivity contribution in [2.75, 3.05) is 10.5 Å². The van der Waals surface area contributed by atoms with Crippen LogP contribution in [0.4, 0.5) is 11.5 Å². The molecular formula is C13H18N4O2S. The minimum absolute atomic E-state index is 0.0585. The molecule has 2 aromatic rings. The normalized spacial score (nSPS) is 11.5. The Kier molecular flexibility index (Phi) is 3.99. The maximum Gasteiger partial charge on any atom is 0.265 e. The van der Waals surface area contributed by atoms with Gasteiger partial charge in [-0.3, -0.25) is 9.82 Å². The number of aromatic amines is 1. The average molecular weight is 294 g/mol. The number of rotatable bonds is 5. The van der Waals surface area contributed by atoms with Gasteiger partial charge in [-0.2, -0.15) is 5.10 Å². The Morgan fingerprint density at radius 3 is 2.75 bits per heavy atom. The maximum absolute atomic E-state index is 12.3. The number of aromatic nitrogens is 2. The second-order valence-corrected chi connectivity index (χ2v) is 6.33. The van der Waals surface area contributed by atoms with E-state index in [0.29, 0.717) is 0 Å². The van der Waals surface area contributed by atoms with Crippen molar-refractivity contribution >= 4 is 21.5 Å². The van der Waals surface area contributed by atoms with E-state index in [0.717, 1.165) is 24.1 Å². The molecule has 0 amide bonds. The number of nitrogens with one attached hydrogen (secondary N) is 2. The lowest BCUT2D eigenvalue weighted by Gasteiger charge is -2.08. The van der Waals surface area contributed by atoms with Crippen molar-refractivity contribution < 1.29 is 8.42 Å². The molecular weight excluding hydrogens is 276 g/mol. The van der Waals surface area contributed by atoms with Gasteiger partial charge in [-0.15, -0.1) is 0 Å². The van der Waals surface area contributed by atoms with Gasteiger partial charge in [-0.25, -0.2) is 8.42 Å². The van der Waals surface area contributed by atoms with Crippen LogP contribution in [0.15, 0.2) is 29.2 Å². The fraction of sp³-hybridized carbons (Fsp3) is 0.308. The Morgan fingerprint density at radius 2 is 2.10 bits per heavy atom. The van der Waals surface area contributed by atoms with Crippen LogP contribution in [0.5, 0.6) is 0 Å². The molecule has 108 valence electrons. The van der Waals surface area contributed by atoms with E-state index in [4.69, 9.17) is 5.73 Å². The molecule has 0 saturated heterocycles. The van der Waals surface area contributed by atoms with E-state index in [1.54, 1.807) is 18.2 Å². The molecule has 0 aliphatic carbocycles. The highest BCUT2D eigenvalue weighted by Crippen LogP contribution is 2.22. The van der Waals surface area contributed by atoms with Crippen molar-refractivity contribution in [2.24, 2.45) is 0 Å². The van der Waals surface area contributed by atoms with Crippen LogP contribution < -0.4 is 10.5 Å². The Bertz CT molecular complexity index is 707. The molecule has 1 heterocycles. The first kappa shape index (κ1) is 14.4. The Labute approximate surface area is 118 Å². The number of nitrogens with zero attached hydrogens (tertiary/aromatic N) is 1. The summed E-state index contributed by atoms with van der Waals surface area (Å²) in [6, 6.07) is 6.51. The number of hydrogen-bond acceptors (Lipinski definition) is 4. The minimum atomic E-state index is -3.72. The molecule has 0 spiro atoms. The molecule has 0 aliphatic heterocycles. The van der Waals surface area contributed by atoms with E-state index in [1.165, 1.54) is 6.07 Å². The number of nitrogens with two attached hydrogens (primary N) is 1. The highest BCUT2D eigenvalue weighted by Gasteiger charge is 2.18. The third kappa shape index (κ3) is 3.11. The van der Waals surface area contributed by atoms with Crippen LogP contribution in [-0.2, 0) is 16.4 Å². The number of hydrogen-bond donors (Lipinski definition) is 3. The molecule has 0 atom stereocenters. The van der Waals surface area contributed by atoms with Crippen LogP contribution in [0, 0.1) is 6.92 Å². The number of sulfonamides is 1. The van der Waals surface area contributed by atoms with Crippen molar-refractivity contribution in [2.45, 2.75) is 31.6 Å². The second kappa shape index (κ2) is 5.54. The van der Waals surface area contributed by atoms with Gasteiger partial charge in [-0.05, 0) is 31.0 Å². The molecule has 0 radical (unpaired) electrons. The van der Waals surface area contributed by atoms with E-state index in [1.807, 2.05) is 13.8 Å². The van der Waals surface area contributed by atoms with E-state index < -0.39 is 10.0 Å². The average Bonchev–Trinajstić information content (AvgIpc) is 2.75. The molecule has 4 N–H and O–H groups in total. The molecule has 7 heteroatoms. The summed E-state index contributed by atoms with van der Waals surface area (Å²) in [5.74, 6) is 0.272. The third-order valence-corrected chi connectivity index (χ3v) is 4.27. The van der Waals surface area contributed by atoms with Crippen molar-refractivity contribution in [3.05, 3.63) is 35.5 Å². The molecule has 0 aliphatic rings. The molecule has 0 saturated carbocycles. The van der Waals surface area contributed by atoms with Crippen molar-refractivity contribution in [3.8, 4) is 0 Å². The van der Waals surface area contributed by atoms with Gasteiger partial charge in [0.15, 0.2) is 5.82 Å². The molecule has 0 bridgehead atoms. The zero-order valence-electron chi connectivity index (χ0n) is 11.5. The second-order valence-electron chi connectivity index (χ2n) is 4.68. The summed E-state index contributed by atoms with van der Waals surface area (Å²) in [7, 11) is -3.72. The Balaban J connectivity index is 2.26. The van der Waals surface area contributed by atoms with Gasteiger partial charge in [0, 0.05) is 11.8 Å². The highest BCUT2D eigenvalue weighted by molar-refractivity contribution is 7.92. The van der Waals surface area contributed by atoms with Crippen LogP contribution >= 0.6 is 0 Å². The lowest BCUT2D eigenvalue weighted by Crippen LogP contribution is -2.15. The molecule has 2 rings (SSSR count). The maximum atomic E-state index is 12.3. The first-order chi connectivity index (χ1) is 9.42. The van der Waals surface area contributed by atoms with Crippen LogP contribution in [0.2, 0.25) is 0 Å². The molecule has 6 nitrogen and oxygen atoms in total. The number of anilines is 2. The van der Waals surface area contributed by atoms with Crippen LogP contribution in [0.3, 0.4) is 0 Å². The first-order valence-electron chi connectivity index (χ1n) is 6.35. The van der Waals surface area contributed by atoms with Gasteiger partial charge in [0.2, 0.25) is 0 Å². The fourth-order valence-electron chi connectivity index (χ4n) is 1.92. The number of H-pyrrole nitrogens is 1. The van der Waals surface area contributed by atoms with Crippen molar-refractivity contribution in [3.63, 3.8) is 0 Å². The monoisotopic (exact) mass is 294 g/mol. The predicted octanol–water partition coefficient (Wildman–Crippen LogP) is 2.05. The summed E-state index contributed by atoms with van der Waals surface area (Å²) in [5, 5.41) is 6.73. The van der Waals surface area contributed by atoms with Gasteiger partial charge < -0.3 is 5.73 Å². The summed E-state index contributed by atoms with van der Waals surface area (Å²) in [5.41, 5.74) is 7.79. The summed E-state index contributed by atoms with van der Waals surface area (Å²) in [6.45, 7) is 3.89. The highest BCUT2D eigenvalue weighted by atomic mass is 32.2. The SMILES string of the molecule is CCCc1cc(NS(=O)(=O)c2ccc(C)cc2N)n[nH]1. The van der Waals surface area contributed by atoms with Crippen LogP contribution in [0.1, 0.15) is 24.6 Å². The van der Waals surface area contributed by atoms with E-state index in [-0.39, 0.29) is 16.4 Å². The van der Waals surface area contributed by atoms with Gasteiger partial charge in [-0.1, -0.05) is 19.4 Å². The summed E-state index contributed by atoms with van der Waals surface area (Å²) in [6.07, 6.45) is 1.78. The molecule has 0 unspecified atom stereocenters. The summed E-state index contributed by atoms with van der Waals surface area (Å²) >= 11 is 0. The molecule has 0 fully saturated rings. The lowest BCUT2D eigenvalue weighted by molar-refractivity contribution is 0.601. The Hall–Kier alpha value is -2.02. The van der Waals surface area contributed by atoms with Crippen LogP contribution in [0.25, 0.3) is 0 Å². The number of aryl methyl sites for hydroxylation is 2. The quantitative estimate of drug-likeness (QED) is 0.735. The zero-order valence-corrected chi connectivity index (χ0v) is 12.3. The predicted molar refractivity (Wildman–Crippen MR) is 79.0 cm³/mol. The molecule has 20 heavy (non-hydrogen) atoms. The van der Waals surface area contributed by atoms with Gasteiger partial charge >= 0.3 is 0 Å². The third-order valence-electron chi connectivity index (χ3n) is 2.84. The van der Waals surface area contributed by atoms with Crippen molar-refractivity contribution in [1.29, 1.82) is 0 Å². The van der Waals surface area contributed by atoms with E-state index in [2.05, 4.69) is 14.9 Å². The minimum Gasteiger partial charge on any atom is -0.398 e. The van der Waals surface area contributed by atoms with Crippen molar-refractivity contribution in [1.82, 2.24) is 10.2 Å². The van der Waals surface area contributed by atoms with Gasteiger partial charge in [0.1, 0.15) is 4.90 Å². The fourth-order valence-corrected chi connectivity index (χ4v) is 3.02. The van der Waals surface area contributed by atoms with Crippen LogP contribution in [-0.4, -0.2) is 18.6 Å². The smallest absolute Gasteiger partial charge is 0.265 e. The topological polar surface area (TPSA) is 101 Å². The zero-order chi connectivity index (χ0) is 14.8. The summed E-state index contributed by atoms with van der Waals surface area (Å²) in [4.78, 5) is 0.0585. The van der Waals surface area contributed by atoms with Gasteiger partial charge in [0.05, 0.1) is 5.69 Å². The summed E-state index contributed by atoms with van der Waals surface area (Å²) < 4.78 is 26.9. The number of nitrogen functional groups attached to an aromatic ring is 1. The largest absolute Gasteiger partial charge is 0.398 e. The van der Waals surface area contributed by atoms with Gasteiger partial charge in [0.25, 0.3) is 10.0 Å². The van der Waals surface area contributed by atoms with E-state index >= 15 is 0 Å². The Morgan fingerprint density at radius 1 is 1.35 bits per heavy atom.